The average molecular weight is 307 g/mol. The van der Waals surface area contributed by atoms with Crippen LogP contribution in [0.1, 0.15) is 18.5 Å². The Kier molecular flexibility index (Phi) is 5.95. The van der Waals surface area contributed by atoms with Crippen molar-refractivity contribution in [1.29, 1.82) is 0 Å². The van der Waals surface area contributed by atoms with E-state index in [0.29, 0.717) is 5.69 Å². The van der Waals surface area contributed by atoms with Crippen molar-refractivity contribution >= 4 is 11.7 Å². The van der Waals surface area contributed by atoms with Crippen LogP contribution in [-0.2, 0) is 0 Å². The van der Waals surface area contributed by atoms with E-state index < -0.39 is 24.9 Å². The number of amides is 2. The largest absolute Gasteiger partial charge is 0.332 e. The molecular weight excluding hydrogens is 290 g/mol. The van der Waals surface area contributed by atoms with Crippen LogP contribution in [0.5, 0.6) is 0 Å². The van der Waals surface area contributed by atoms with Gasteiger partial charge < -0.3 is 16.0 Å². The number of hydrogen-bond donors (Lipinski definition) is 3. The van der Waals surface area contributed by atoms with Gasteiger partial charge in [0.15, 0.2) is 0 Å². The number of alkyl halides is 4. The van der Waals surface area contributed by atoms with E-state index >= 15 is 0 Å². The highest BCUT2D eigenvalue weighted by molar-refractivity contribution is 5.89. The molecule has 4 nitrogen and oxygen atoms in total. The lowest BCUT2D eigenvalue weighted by atomic mass is 10.1. The van der Waals surface area contributed by atoms with Crippen molar-refractivity contribution in [2.24, 2.45) is 0 Å². The van der Waals surface area contributed by atoms with Crippen molar-refractivity contribution in [3.63, 3.8) is 0 Å². The molecule has 0 aliphatic rings. The van der Waals surface area contributed by atoms with Gasteiger partial charge in [-0.2, -0.15) is 8.78 Å². The summed E-state index contributed by atoms with van der Waals surface area (Å²) in [5.74, 6) is -4.25. The first-order valence-corrected chi connectivity index (χ1v) is 6.24. The Bertz CT molecular complexity index is 465. The standard InChI is InChI=1S/C13H17F4N3O/c1-8(18-2)9-3-5-10(6-4-9)20-12(21)19-7-13(16,17)11(14)15/h3-6,8,11,18H,7H2,1-2H3,(H2,19,20,21). The quantitative estimate of drug-likeness (QED) is 0.708. The Balaban J connectivity index is 2.52. The summed E-state index contributed by atoms with van der Waals surface area (Å²) in [6.07, 6.45) is -3.82. The zero-order valence-corrected chi connectivity index (χ0v) is 11.6. The first-order valence-electron chi connectivity index (χ1n) is 6.24. The van der Waals surface area contributed by atoms with Gasteiger partial charge in [-0.1, -0.05) is 12.1 Å². The zero-order chi connectivity index (χ0) is 16.0. The summed E-state index contributed by atoms with van der Waals surface area (Å²) in [7, 11) is 1.80. The summed E-state index contributed by atoms with van der Waals surface area (Å²) >= 11 is 0. The third kappa shape index (κ3) is 5.22. The second kappa shape index (κ2) is 7.26. The lowest BCUT2D eigenvalue weighted by molar-refractivity contribution is -0.123. The van der Waals surface area contributed by atoms with Crippen LogP contribution in [0.15, 0.2) is 24.3 Å². The van der Waals surface area contributed by atoms with Gasteiger partial charge in [0, 0.05) is 11.7 Å². The number of carbonyl (C=O) groups is 1. The molecule has 0 heterocycles. The van der Waals surface area contributed by atoms with Crippen LogP contribution in [0, 0.1) is 0 Å². The fourth-order valence-electron chi connectivity index (χ4n) is 1.47. The predicted molar refractivity (Wildman–Crippen MR) is 71.9 cm³/mol. The molecule has 1 atom stereocenters. The van der Waals surface area contributed by atoms with Crippen molar-refractivity contribution in [3.8, 4) is 0 Å². The van der Waals surface area contributed by atoms with Gasteiger partial charge >= 0.3 is 18.4 Å². The highest BCUT2D eigenvalue weighted by Crippen LogP contribution is 2.21. The lowest BCUT2D eigenvalue weighted by Gasteiger charge is -2.16. The van der Waals surface area contributed by atoms with E-state index in [1.807, 2.05) is 6.92 Å². The van der Waals surface area contributed by atoms with Gasteiger partial charge in [-0.15, -0.1) is 0 Å². The maximum Gasteiger partial charge on any atom is 0.324 e. The summed E-state index contributed by atoms with van der Waals surface area (Å²) in [5, 5.41) is 7.03. The van der Waals surface area contributed by atoms with Crippen LogP contribution >= 0.6 is 0 Å². The molecule has 1 aromatic rings. The molecule has 0 spiro atoms. The summed E-state index contributed by atoms with van der Waals surface area (Å²) in [4.78, 5) is 11.3. The molecule has 1 aromatic carbocycles. The zero-order valence-electron chi connectivity index (χ0n) is 11.6. The molecule has 3 N–H and O–H groups in total. The first kappa shape index (κ1) is 17.2. The van der Waals surface area contributed by atoms with Crippen LogP contribution in [-0.4, -0.2) is 32.0 Å². The van der Waals surface area contributed by atoms with E-state index in [4.69, 9.17) is 0 Å². The molecule has 21 heavy (non-hydrogen) atoms. The number of anilines is 1. The molecular formula is C13H17F4N3O. The average Bonchev–Trinajstić information content (AvgIpc) is 2.45. The molecule has 0 aliphatic heterocycles. The van der Waals surface area contributed by atoms with Gasteiger partial charge in [-0.25, -0.2) is 13.6 Å². The van der Waals surface area contributed by atoms with E-state index in [2.05, 4.69) is 10.6 Å². The van der Waals surface area contributed by atoms with Crippen LogP contribution in [0.4, 0.5) is 28.0 Å². The summed E-state index contributed by atoms with van der Waals surface area (Å²) in [5.41, 5.74) is 1.35. The minimum Gasteiger partial charge on any atom is -0.332 e. The highest BCUT2D eigenvalue weighted by Gasteiger charge is 2.40. The minimum atomic E-state index is -4.25. The monoisotopic (exact) mass is 307 g/mol. The summed E-state index contributed by atoms with van der Waals surface area (Å²) in [6, 6.07) is 5.85. The Labute approximate surface area is 119 Å². The normalized spacial score (nSPS) is 13.1. The van der Waals surface area contributed by atoms with Gasteiger partial charge in [0.1, 0.15) is 0 Å². The Morgan fingerprint density at radius 1 is 1.24 bits per heavy atom. The molecule has 0 radical (unpaired) electrons. The fraction of sp³-hybridized carbons (Fsp3) is 0.462. The maximum atomic E-state index is 12.6. The number of halogens is 4. The molecule has 118 valence electrons. The van der Waals surface area contributed by atoms with Crippen LogP contribution in [0.2, 0.25) is 0 Å². The van der Waals surface area contributed by atoms with Crippen molar-refractivity contribution < 1.29 is 22.4 Å². The Morgan fingerprint density at radius 2 is 1.81 bits per heavy atom. The maximum absolute atomic E-state index is 12.6. The van der Waals surface area contributed by atoms with Crippen LogP contribution in [0.3, 0.4) is 0 Å². The molecule has 1 rings (SSSR count). The van der Waals surface area contributed by atoms with E-state index in [-0.39, 0.29) is 6.04 Å². The van der Waals surface area contributed by atoms with Crippen molar-refractivity contribution in [2.45, 2.75) is 25.3 Å². The van der Waals surface area contributed by atoms with Gasteiger partial charge in [0.05, 0.1) is 6.54 Å². The molecule has 0 bridgehead atoms. The van der Waals surface area contributed by atoms with E-state index in [0.717, 1.165) is 5.56 Å². The molecule has 0 aromatic heterocycles. The number of benzene rings is 1. The van der Waals surface area contributed by atoms with Crippen molar-refractivity contribution in [3.05, 3.63) is 29.8 Å². The van der Waals surface area contributed by atoms with Crippen LogP contribution in [0.25, 0.3) is 0 Å². The van der Waals surface area contributed by atoms with Gasteiger partial charge in [0.2, 0.25) is 0 Å². The Hall–Kier alpha value is -1.83. The van der Waals surface area contributed by atoms with E-state index in [9.17, 15) is 22.4 Å². The number of carbonyl (C=O) groups excluding carboxylic acids is 1. The third-order valence-electron chi connectivity index (χ3n) is 2.91. The number of rotatable bonds is 6. The van der Waals surface area contributed by atoms with Gasteiger partial charge in [-0.05, 0) is 31.7 Å². The molecule has 0 fully saturated rings. The fourth-order valence-corrected chi connectivity index (χ4v) is 1.47. The topological polar surface area (TPSA) is 53.2 Å². The van der Waals surface area contributed by atoms with Crippen LogP contribution < -0.4 is 16.0 Å². The van der Waals surface area contributed by atoms with Crippen molar-refractivity contribution in [2.75, 3.05) is 18.9 Å². The highest BCUT2D eigenvalue weighted by atomic mass is 19.3. The molecule has 8 heteroatoms. The smallest absolute Gasteiger partial charge is 0.324 e. The Morgan fingerprint density at radius 3 is 2.29 bits per heavy atom. The number of hydrogen-bond acceptors (Lipinski definition) is 2. The summed E-state index contributed by atoms with van der Waals surface area (Å²) in [6.45, 7) is 0.521. The van der Waals surface area contributed by atoms with Crippen molar-refractivity contribution in [1.82, 2.24) is 10.6 Å². The molecule has 0 saturated heterocycles. The second-order valence-corrected chi connectivity index (χ2v) is 4.50. The second-order valence-electron chi connectivity index (χ2n) is 4.50. The molecule has 0 saturated carbocycles. The number of urea groups is 1. The predicted octanol–water partition coefficient (Wildman–Crippen LogP) is 2.99. The van der Waals surface area contributed by atoms with E-state index in [1.165, 1.54) is 0 Å². The molecule has 0 aliphatic carbocycles. The molecule has 1 unspecified atom stereocenters. The SMILES string of the molecule is CNC(C)c1ccc(NC(=O)NCC(F)(F)C(F)F)cc1. The minimum absolute atomic E-state index is 0.123. The number of nitrogens with one attached hydrogen (secondary N) is 3. The first-order chi connectivity index (χ1) is 9.76. The summed E-state index contributed by atoms with van der Waals surface area (Å²) < 4.78 is 49.1. The molecule has 2 amide bonds. The third-order valence-corrected chi connectivity index (χ3v) is 2.91. The van der Waals surface area contributed by atoms with Gasteiger partial charge in [-0.3, -0.25) is 0 Å². The van der Waals surface area contributed by atoms with E-state index in [1.54, 1.807) is 36.6 Å². The van der Waals surface area contributed by atoms with Gasteiger partial charge in [0.25, 0.3) is 0 Å². The lowest BCUT2D eigenvalue weighted by Crippen LogP contribution is -2.42.